The summed E-state index contributed by atoms with van der Waals surface area (Å²) in [4.78, 5) is 15.4. The van der Waals surface area contributed by atoms with Gasteiger partial charge in [0.1, 0.15) is 10.4 Å². The zero-order chi connectivity index (χ0) is 20.3. The molecule has 0 aliphatic carbocycles. The molecule has 3 aliphatic heterocycles. The molecule has 7 nitrogen and oxygen atoms in total. The molecular formula is C22H23N5O2S. The number of rotatable bonds is 1. The van der Waals surface area contributed by atoms with Gasteiger partial charge < -0.3 is 19.5 Å². The summed E-state index contributed by atoms with van der Waals surface area (Å²) in [5.41, 5.74) is 3.85. The lowest BCUT2D eigenvalue weighted by atomic mass is 9.79. The van der Waals surface area contributed by atoms with Crippen molar-refractivity contribution in [1.82, 2.24) is 19.1 Å². The SMILES string of the molecule is Cc1nnsc1C(=O)N1CCC2(CC1)CC1(CO2)Nc2ccccc2-n2cccc21. The minimum atomic E-state index is -0.234. The van der Waals surface area contributed by atoms with Gasteiger partial charge in [-0.15, -0.1) is 5.10 Å². The Bertz CT molecular complexity index is 1130. The minimum absolute atomic E-state index is 0.0451. The molecule has 3 aliphatic rings. The lowest BCUT2D eigenvalue weighted by Gasteiger charge is -2.41. The number of hydrogen-bond donors (Lipinski definition) is 1. The monoisotopic (exact) mass is 421 g/mol. The number of hydrogen-bond acceptors (Lipinski definition) is 6. The molecule has 2 aromatic heterocycles. The molecule has 154 valence electrons. The average Bonchev–Trinajstić information content (AvgIpc) is 3.49. The first-order valence-corrected chi connectivity index (χ1v) is 11.1. The van der Waals surface area contributed by atoms with Gasteiger partial charge in [-0.1, -0.05) is 16.6 Å². The summed E-state index contributed by atoms with van der Waals surface area (Å²) in [5, 5.41) is 7.79. The third-order valence-corrected chi connectivity index (χ3v) is 7.65. The highest BCUT2D eigenvalue weighted by Crippen LogP contribution is 2.50. The first kappa shape index (κ1) is 18.1. The molecule has 0 bridgehead atoms. The standard InChI is InChI=1S/C22H23N5O2S/c1-15-19(30-25-24-15)20(28)26-11-8-21(9-12-26)13-22(14-29-21)18-7-4-10-27(18)17-6-3-2-5-16(17)23-22/h2-7,10,23H,8-9,11-14H2,1H3. The molecule has 1 atom stereocenters. The summed E-state index contributed by atoms with van der Waals surface area (Å²) in [5.74, 6) is 0.0451. The topological polar surface area (TPSA) is 72.3 Å². The summed E-state index contributed by atoms with van der Waals surface area (Å²) >= 11 is 1.18. The molecule has 1 aromatic carbocycles. The second-order valence-corrected chi connectivity index (χ2v) is 9.37. The Labute approximate surface area is 178 Å². The maximum atomic E-state index is 12.8. The number of nitrogens with zero attached hydrogens (tertiary/aromatic N) is 4. The molecule has 2 fully saturated rings. The molecule has 1 unspecified atom stereocenters. The van der Waals surface area contributed by atoms with Crippen LogP contribution in [0.1, 0.15) is 40.3 Å². The van der Waals surface area contributed by atoms with Crippen molar-refractivity contribution in [2.45, 2.75) is 37.3 Å². The molecule has 0 saturated carbocycles. The molecule has 30 heavy (non-hydrogen) atoms. The number of anilines is 1. The van der Waals surface area contributed by atoms with Gasteiger partial charge in [0.15, 0.2) is 0 Å². The fraction of sp³-hybridized carbons (Fsp3) is 0.409. The van der Waals surface area contributed by atoms with E-state index < -0.39 is 0 Å². The van der Waals surface area contributed by atoms with Gasteiger partial charge in [0.05, 0.1) is 35.0 Å². The first-order chi connectivity index (χ1) is 14.6. The minimum Gasteiger partial charge on any atom is -0.372 e. The van der Waals surface area contributed by atoms with E-state index in [9.17, 15) is 4.79 Å². The number of ether oxygens (including phenoxy) is 1. The average molecular weight is 422 g/mol. The van der Waals surface area contributed by atoms with Crippen LogP contribution in [0, 0.1) is 6.92 Å². The van der Waals surface area contributed by atoms with Crippen LogP contribution >= 0.6 is 11.5 Å². The number of benzene rings is 1. The fourth-order valence-electron chi connectivity index (χ4n) is 5.28. The van der Waals surface area contributed by atoms with Gasteiger partial charge in [0, 0.05) is 25.7 Å². The number of aromatic nitrogens is 3. The van der Waals surface area contributed by atoms with Crippen molar-refractivity contribution in [3.63, 3.8) is 0 Å². The molecular weight excluding hydrogens is 398 g/mol. The van der Waals surface area contributed by atoms with Crippen LogP contribution in [0.25, 0.3) is 5.69 Å². The number of nitrogens with one attached hydrogen (secondary N) is 1. The summed E-state index contributed by atoms with van der Waals surface area (Å²) < 4.78 is 12.7. The Hall–Kier alpha value is -2.71. The highest BCUT2D eigenvalue weighted by atomic mass is 32.1. The largest absolute Gasteiger partial charge is 0.372 e. The molecule has 0 radical (unpaired) electrons. The van der Waals surface area contributed by atoms with E-state index in [2.05, 4.69) is 62.1 Å². The van der Waals surface area contributed by atoms with Crippen LogP contribution < -0.4 is 5.32 Å². The van der Waals surface area contributed by atoms with Gasteiger partial charge >= 0.3 is 0 Å². The Morgan fingerprint density at radius 2 is 2.03 bits per heavy atom. The Morgan fingerprint density at radius 1 is 1.20 bits per heavy atom. The normalized spacial score (nSPS) is 24.0. The van der Waals surface area contributed by atoms with Crippen molar-refractivity contribution in [2.24, 2.45) is 0 Å². The van der Waals surface area contributed by atoms with E-state index in [1.54, 1.807) is 0 Å². The van der Waals surface area contributed by atoms with Crippen LogP contribution in [-0.2, 0) is 10.3 Å². The van der Waals surface area contributed by atoms with E-state index in [0.717, 1.165) is 24.9 Å². The van der Waals surface area contributed by atoms with Gasteiger partial charge in [0.25, 0.3) is 5.91 Å². The molecule has 1 N–H and O–H groups in total. The van der Waals surface area contributed by atoms with Crippen LogP contribution in [0.15, 0.2) is 42.6 Å². The number of aryl methyl sites for hydroxylation is 1. The summed E-state index contributed by atoms with van der Waals surface area (Å²) in [6.07, 6.45) is 4.72. The predicted molar refractivity (Wildman–Crippen MR) is 114 cm³/mol. The number of likely N-dealkylation sites (tertiary alicyclic amines) is 1. The number of piperidine rings is 1. The van der Waals surface area contributed by atoms with Crippen LogP contribution in [0.5, 0.6) is 0 Å². The van der Waals surface area contributed by atoms with Gasteiger partial charge in [-0.05, 0) is 55.6 Å². The maximum Gasteiger partial charge on any atom is 0.267 e. The summed E-state index contributed by atoms with van der Waals surface area (Å²) in [7, 11) is 0. The number of para-hydroxylation sites is 2. The summed E-state index contributed by atoms with van der Waals surface area (Å²) in [6.45, 7) is 3.87. The third-order valence-electron chi connectivity index (χ3n) is 6.83. The number of carbonyl (C=O) groups excluding carboxylic acids is 1. The number of fused-ring (bicyclic) bond motifs is 4. The molecule has 6 rings (SSSR count). The molecule has 5 heterocycles. The van der Waals surface area contributed by atoms with Gasteiger partial charge in [-0.2, -0.15) is 0 Å². The van der Waals surface area contributed by atoms with Crippen LogP contribution in [0.4, 0.5) is 5.69 Å². The highest BCUT2D eigenvalue weighted by molar-refractivity contribution is 7.07. The van der Waals surface area contributed by atoms with Crippen molar-refractivity contribution in [1.29, 1.82) is 0 Å². The highest BCUT2D eigenvalue weighted by Gasteiger charge is 2.54. The molecule has 8 heteroatoms. The van der Waals surface area contributed by atoms with E-state index in [1.807, 2.05) is 11.8 Å². The lowest BCUT2D eigenvalue weighted by Crippen LogP contribution is -2.48. The molecule has 2 spiro atoms. The van der Waals surface area contributed by atoms with Gasteiger partial charge in [-0.3, -0.25) is 4.79 Å². The zero-order valence-corrected chi connectivity index (χ0v) is 17.6. The quantitative estimate of drug-likeness (QED) is 0.652. The smallest absolute Gasteiger partial charge is 0.267 e. The van der Waals surface area contributed by atoms with Crippen LogP contribution in [-0.4, -0.2) is 50.3 Å². The summed E-state index contributed by atoms with van der Waals surface area (Å²) in [6, 6.07) is 12.7. The maximum absolute atomic E-state index is 12.8. The van der Waals surface area contributed by atoms with Crippen molar-refractivity contribution in [3.8, 4) is 5.69 Å². The van der Waals surface area contributed by atoms with E-state index in [-0.39, 0.29) is 17.0 Å². The van der Waals surface area contributed by atoms with E-state index in [1.165, 1.54) is 22.9 Å². The second kappa shape index (κ2) is 6.39. The number of amides is 1. The van der Waals surface area contributed by atoms with Crippen LogP contribution in [0.2, 0.25) is 0 Å². The third kappa shape index (κ3) is 2.56. The van der Waals surface area contributed by atoms with E-state index in [4.69, 9.17) is 4.74 Å². The Morgan fingerprint density at radius 3 is 2.83 bits per heavy atom. The van der Waals surface area contributed by atoms with E-state index in [0.29, 0.717) is 30.3 Å². The molecule has 2 saturated heterocycles. The Balaban J connectivity index is 1.24. The van der Waals surface area contributed by atoms with Crippen molar-refractivity contribution in [2.75, 3.05) is 25.0 Å². The second-order valence-electron chi connectivity index (χ2n) is 8.62. The van der Waals surface area contributed by atoms with Crippen LogP contribution in [0.3, 0.4) is 0 Å². The van der Waals surface area contributed by atoms with Gasteiger partial charge in [0.2, 0.25) is 0 Å². The lowest BCUT2D eigenvalue weighted by molar-refractivity contribution is -0.0391. The zero-order valence-electron chi connectivity index (χ0n) is 16.8. The first-order valence-electron chi connectivity index (χ1n) is 10.4. The molecule has 1 amide bonds. The van der Waals surface area contributed by atoms with Crippen molar-refractivity contribution < 1.29 is 9.53 Å². The fourth-order valence-corrected chi connectivity index (χ4v) is 5.90. The van der Waals surface area contributed by atoms with Crippen molar-refractivity contribution in [3.05, 3.63) is 58.9 Å². The Kier molecular flexibility index (Phi) is 3.85. The van der Waals surface area contributed by atoms with Gasteiger partial charge in [-0.25, -0.2) is 0 Å². The van der Waals surface area contributed by atoms with Crippen molar-refractivity contribution >= 4 is 23.1 Å². The number of carbonyl (C=O) groups is 1. The van der Waals surface area contributed by atoms with E-state index >= 15 is 0 Å². The molecule has 3 aromatic rings. The predicted octanol–water partition coefficient (Wildman–Crippen LogP) is 3.35.